The van der Waals surface area contributed by atoms with Gasteiger partial charge in [-0.2, -0.15) is 5.10 Å². The number of carbonyl (C=O) groups is 1. The van der Waals surface area contributed by atoms with Gasteiger partial charge in [0, 0.05) is 24.6 Å². The average Bonchev–Trinajstić information content (AvgIpc) is 3.24. The Balaban J connectivity index is 1.64. The average molecular weight is 405 g/mol. The number of nitro benzene ring substituents is 1. The largest absolute Gasteiger partial charge is 0.348 e. The first-order chi connectivity index (χ1) is 14.6. The van der Waals surface area contributed by atoms with Gasteiger partial charge >= 0.3 is 0 Å². The first kappa shape index (κ1) is 19.8. The Bertz CT molecular complexity index is 1020. The molecule has 8 nitrogen and oxygen atoms in total. The Labute approximate surface area is 174 Å². The first-order valence-electron chi connectivity index (χ1n) is 9.99. The number of benzene rings is 2. The predicted octanol–water partition coefficient (Wildman–Crippen LogP) is 3.18. The number of non-ortho nitro benzene ring substituents is 1. The predicted molar refractivity (Wildman–Crippen MR) is 113 cm³/mol. The molecule has 1 saturated heterocycles. The first-order valence-corrected chi connectivity index (χ1v) is 9.99. The summed E-state index contributed by atoms with van der Waals surface area (Å²) in [5, 5.41) is 21.8. The molecule has 0 bridgehead atoms. The normalized spacial score (nSPS) is 14.4. The zero-order chi connectivity index (χ0) is 20.9. The number of carbonyl (C=O) groups excluding carboxylic acids is 1. The zero-order valence-electron chi connectivity index (χ0n) is 16.5. The van der Waals surface area contributed by atoms with Gasteiger partial charge in [-0.25, -0.2) is 4.68 Å². The molecule has 30 heavy (non-hydrogen) atoms. The van der Waals surface area contributed by atoms with E-state index in [1.807, 2.05) is 30.3 Å². The molecule has 0 aliphatic carbocycles. The van der Waals surface area contributed by atoms with E-state index in [0.29, 0.717) is 17.8 Å². The molecular formula is C22H23N5O3. The minimum absolute atomic E-state index is 0.0233. The molecule has 8 heteroatoms. The molecule has 0 atom stereocenters. The molecule has 0 unspecified atom stereocenters. The Kier molecular flexibility index (Phi) is 5.85. The standard InChI is InChI=1S/C22H23N5O3/c28-22(24-14-16-4-2-1-3-5-16)20-15-25-26(21(20)17-10-12-23-13-11-17)18-6-8-19(9-7-18)27(29)30/h1-9,15,17,23H,10-14H2,(H,24,28). The lowest BCUT2D eigenvalue weighted by molar-refractivity contribution is -0.384. The second-order valence-corrected chi connectivity index (χ2v) is 7.32. The van der Waals surface area contributed by atoms with Gasteiger partial charge in [-0.3, -0.25) is 14.9 Å². The lowest BCUT2D eigenvalue weighted by Gasteiger charge is -2.24. The van der Waals surface area contributed by atoms with Crippen LogP contribution < -0.4 is 10.6 Å². The summed E-state index contributed by atoms with van der Waals surface area (Å²) in [5.41, 5.74) is 3.16. The highest BCUT2D eigenvalue weighted by Gasteiger charge is 2.27. The Morgan fingerprint density at radius 1 is 1.13 bits per heavy atom. The van der Waals surface area contributed by atoms with E-state index in [4.69, 9.17) is 0 Å². The van der Waals surface area contributed by atoms with Crippen molar-refractivity contribution in [2.45, 2.75) is 25.3 Å². The van der Waals surface area contributed by atoms with Gasteiger partial charge in [-0.15, -0.1) is 0 Å². The van der Waals surface area contributed by atoms with E-state index in [-0.39, 0.29) is 17.5 Å². The maximum atomic E-state index is 13.0. The molecule has 2 heterocycles. The van der Waals surface area contributed by atoms with E-state index in [1.54, 1.807) is 23.0 Å². The van der Waals surface area contributed by atoms with Crippen molar-refractivity contribution in [2.75, 3.05) is 13.1 Å². The zero-order valence-corrected chi connectivity index (χ0v) is 16.5. The van der Waals surface area contributed by atoms with Crippen LogP contribution in [-0.2, 0) is 6.54 Å². The third kappa shape index (κ3) is 4.23. The molecule has 2 N–H and O–H groups in total. The highest BCUT2D eigenvalue weighted by atomic mass is 16.6. The van der Waals surface area contributed by atoms with Crippen LogP contribution in [0.1, 0.15) is 40.4 Å². The van der Waals surface area contributed by atoms with Crippen molar-refractivity contribution in [1.29, 1.82) is 0 Å². The van der Waals surface area contributed by atoms with E-state index < -0.39 is 4.92 Å². The summed E-state index contributed by atoms with van der Waals surface area (Å²) < 4.78 is 1.75. The number of piperidine rings is 1. The van der Waals surface area contributed by atoms with Crippen LogP contribution in [0.2, 0.25) is 0 Å². The summed E-state index contributed by atoms with van der Waals surface area (Å²) >= 11 is 0. The minimum Gasteiger partial charge on any atom is -0.348 e. The second-order valence-electron chi connectivity index (χ2n) is 7.32. The quantitative estimate of drug-likeness (QED) is 0.484. The van der Waals surface area contributed by atoms with Crippen molar-refractivity contribution in [1.82, 2.24) is 20.4 Å². The molecule has 154 valence electrons. The number of nitrogens with zero attached hydrogens (tertiary/aromatic N) is 3. The van der Waals surface area contributed by atoms with Crippen LogP contribution in [0.25, 0.3) is 5.69 Å². The van der Waals surface area contributed by atoms with Gasteiger partial charge in [-0.05, 0) is 43.6 Å². The molecule has 3 aromatic rings. The summed E-state index contributed by atoms with van der Waals surface area (Å²) in [6.45, 7) is 2.19. The number of aromatic nitrogens is 2. The highest BCUT2D eigenvalue weighted by Crippen LogP contribution is 2.30. The van der Waals surface area contributed by atoms with Crippen molar-refractivity contribution < 1.29 is 9.72 Å². The SMILES string of the molecule is O=C(NCc1ccccc1)c1cnn(-c2ccc([N+](=O)[O-])cc2)c1C1CCNCC1. The van der Waals surface area contributed by atoms with Gasteiger partial charge in [0.25, 0.3) is 11.6 Å². The van der Waals surface area contributed by atoms with Gasteiger partial charge < -0.3 is 10.6 Å². The van der Waals surface area contributed by atoms with Crippen LogP contribution in [0, 0.1) is 10.1 Å². The third-order valence-electron chi connectivity index (χ3n) is 5.38. The smallest absolute Gasteiger partial charge is 0.269 e. The summed E-state index contributed by atoms with van der Waals surface area (Å²) in [4.78, 5) is 23.5. The maximum Gasteiger partial charge on any atom is 0.269 e. The van der Waals surface area contributed by atoms with E-state index in [9.17, 15) is 14.9 Å². The van der Waals surface area contributed by atoms with E-state index in [0.717, 1.165) is 37.2 Å². The topological polar surface area (TPSA) is 102 Å². The lowest BCUT2D eigenvalue weighted by Crippen LogP contribution is -2.30. The lowest BCUT2D eigenvalue weighted by atomic mass is 9.91. The Morgan fingerprint density at radius 3 is 2.50 bits per heavy atom. The summed E-state index contributed by atoms with van der Waals surface area (Å²) in [6, 6.07) is 16.0. The molecule has 2 aromatic carbocycles. The number of hydrogen-bond donors (Lipinski definition) is 2. The number of hydrogen-bond acceptors (Lipinski definition) is 5. The van der Waals surface area contributed by atoms with E-state index >= 15 is 0 Å². The number of rotatable bonds is 6. The molecule has 1 aliphatic heterocycles. The van der Waals surface area contributed by atoms with E-state index in [2.05, 4.69) is 15.7 Å². The summed E-state index contributed by atoms with van der Waals surface area (Å²) in [6.07, 6.45) is 3.40. The van der Waals surface area contributed by atoms with Crippen molar-refractivity contribution in [3.63, 3.8) is 0 Å². The van der Waals surface area contributed by atoms with Crippen LogP contribution in [0.3, 0.4) is 0 Å². The van der Waals surface area contributed by atoms with Gasteiger partial charge in [0.15, 0.2) is 0 Å². The molecule has 0 radical (unpaired) electrons. The third-order valence-corrected chi connectivity index (χ3v) is 5.38. The van der Waals surface area contributed by atoms with Gasteiger partial charge in [0.05, 0.1) is 28.1 Å². The number of amides is 1. The van der Waals surface area contributed by atoms with Crippen LogP contribution in [-0.4, -0.2) is 33.7 Å². The van der Waals surface area contributed by atoms with Gasteiger partial charge in [0.2, 0.25) is 0 Å². The van der Waals surface area contributed by atoms with Crippen LogP contribution in [0.4, 0.5) is 5.69 Å². The van der Waals surface area contributed by atoms with Crippen molar-refractivity contribution >= 4 is 11.6 Å². The van der Waals surface area contributed by atoms with Crippen LogP contribution >= 0.6 is 0 Å². The fraction of sp³-hybridized carbons (Fsp3) is 0.273. The van der Waals surface area contributed by atoms with Crippen LogP contribution in [0.15, 0.2) is 60.8 Å². The molecule has 0 saturated carbocycles. The van der Waals surface area contributed by atoms with Crippen LogP contribution in [0.5, 0.6) is 0 Å². The molecule has 4 rings (SSSR count). The Morgan fingerprint density at radius 2 is 1.83 bits per heavy atom. The van der Waals surface area contributed by atoms with Crippen molar-refractivity contribution in [2.24, 2.45) is 0 Å². The Hall–Kier alpha value is -3.52. The molecule has 1 aliphatic rings. The molecule has 1 amide bonds. The van der Waals surface area contributed by atoms with Crippen molar-refractivity contribution in [3.8, 4) is 5.69 Å². The number of nitrogens with one attached hydrogen (secondary N) is 2. The molecule has 1 fully saturated rings. The van der Waals surface area contributed by atoms with Crippen molar-refractivity contribution in [3.05, 3.63) is 87.7 Å². The molecule has 0 spiro atoms. The highest BCUT2D eigenvalue weighted by molar-refractivity contribution is 5.95. The van der Waals surface area contributed by atoms with E-state index in [1.165, 1.54) is 12.1 Å². The fourth-order valence-electron chi connectivity index (χ4n) is 3.82. The monoisotopic (exact) mass is 405 g/mol. The summed E-state index contributed by atoms with van der Waals surface area (Å²) in [7, 11) is 0. The van der Waals surface area contributed by atoms with Gasteiger partial charge in [-0.1, -0.05) is 30.3 Å². The van der Waals surface area contributed by atoms with Gasteiger partial charge in [0.1, 0.15) is 0 Å². The fourth-order valence-corrected chi connectivity index (χ4v) is 3.82. The minimum atomic E-state index is -0.428. The maximum absolute atomic E-state index is 13.0. The summed E-state index contributed by atoms with van der Waals surface area (Å²) in [5.74, 6) is 0.0157. The molecule has 1 aromatic heterocycles. The second kappa shape index (κ2) is 8.87. The number of nitro groups is 1. The molecular weight excluding hydrogens is 382 g/mol.